The van der Waals surface area contributed by atoms with Crippen molar-refractivity contribution in [3.8, 4) is 16.5 Å². The number of carbonyl (C=O) groups excluding carboxylic acids is 2. The van der Waals surface area contributed by atoms with E-state index in [9.17, 15) is 20.0 Å². The van der Waals surface area contributed by atoms with E-state index in [0.717, 1.165) is 49.9 Å². The molecule has 1 saturated heterocycles. The fraction of sp³-hybridized carbons (Fsp3) is 0.577. The van der Waals surface area contributed by atoms with Crippen LogP contribution in [0.4, 0.5) is 5.69 Å². The molecule has 0 bridgehead atoms. The van der Waals surface area contributed by atoms with Gasteiger partial charge in [-0.1, -0.05) is 19.3 Å². The van der Waals surface area contributed by atoms with Gasteiger partial charge in [0.15, 0.2) is 5.01 Å². The number of pyridine rings is 1. The summed E-state index contributed by atoms with van der Waals surface area (Å²) in [6, 6.07) is 2.65. The Bertz CT molecular complexity index is 1160. The third-order valence-electron chi connectivity index (χ3n) is 6.79. The lowest BCUT2D eigenvalue weighted by Gasteiger charge is -2.24. The molecule has 1 saturated carbocycles. The Kier molecular flexibility index (Phi) is 7.91. The van der Waals surface area contributed by atoms with E-state index >= 15 is 0 Å². The second-order valence-electron chi connectivity index (χ2n) is 10.4. The second kappa shape index (κ2) is 10.9. The van der Waals surface area contributed by atoms with Crippen LogP contribution in [-0.4, -0.2) is 62.6 Å². The number of nitrogens with zero attached hydrogens (tertiary/aromatic N) is 4. The van der Waals surface area contributed by atoms with Crippen LogP contribution in [0.15, 0.2) is 12.4 Å². The summed E-state index contributed by atoms with van der Waals surface area (Å²) in [4.78, 5) is 37.6. The van der Waals surface area contributed by atoms with E-state index in [-0.39, 0.29) is 35.2 Å². The molecule has 3 N–H and O–H groups in total. The Morgan fingerprint density at radius 1 is 1.22 bits per heavy atom. The third kappa shape index (κ3) is 5.85. The first-order valence-corrected chi connectivity index (χ1v) is 13.5. The van der Waals surface area contributed by atoms with Gasteiger partial charge in [-0.15, -0.1) is 11.3 Å². The van der Waals surface area contributed by atoms with Crippen LogP contribution in [0.5, 0.6) is 0 Å². The summed E-state index contributed by atoms with van der Waals surface area (Å²) < 4.78 is 0. The summed E-state index contributed by atoms with van der Waals surface area (Å²) in [7, 11) is 0. The maximum absolute atomic E-state index is 13.6. The monoisotopic (exact) mass is 510 g/mol. The number of anilines is 1. The molecule has 2 aromatic rings. The maximum Gasteiger partial charge on any atom is 0.280 e. The van der Waals surface area contributed by atoms with E-state index in [1.807, 2.05) is 6.92 Å². The Morgan fingerprint density at radius 2 is 1.97 bits per heavy atom. The molecule has 0 aromatic carbocycles. The molecule has 1 atom stereocenters. The van der Waals surface area contributed by atoms with Crippen LogP contribution in [0.1, 0.15) is 91.6 Å². The van der Waals surface area contributed by atoms with Gasteiger partial charge in [-0.25, -0.2) is 4.98 Å². The normalized spacial score (nSPS) is 18.6. The lowest BCUT2D eigenvalue weighted by atomic mass is 9.95. The zero-order valence-corrected chi connectivity index (χ0v) is 22.0. The number of thiazole rings is 1. The molecule has 1 aliphatic carbocycles. The second-order valence-corrected chi connectivity index (χ2v) is 11.4. The molecular formula is C26H34N6O3S. The molecule has 10 heteroatoms. The van der Waals surface area contributed by atoms with Gasteiger partial charge in [0.1, 0.15) is 11.8 Å². The number of likely N-dealkylation sites (tertiary alicyclic amines) is 1. The van der Waals surface area contributed by atoms with Crippen LogP contribution in [0.2, 0.25) is 0 Å². The number of carbonyl (C=O) groups is 2. The molecule has 36 heavy (non-hydrogen) atoms. The molecule has 3 heterocycles. The minimum Gasteiger partial charge on any atom is -0.389 e. The summed E-state index contributed by atoms with van der Waals surface area (Å²) in [6.45, 7) is 5.87. The first kappa shape index (κ1) is 26.0. The zero-order valence-electron chi connectivity index (χ0n) is 21.1. The van der Waals surface area contributed by atoms with E-state index in [2.05, 4.69) is 26.7 Å². The minimum atomic E-state index is -1.09. The smallest absolute Gasteiger partial charge is 0.280 e. The highest BCUT2D eigenvalue weighted by Gasteiger charge is 2.32. The molecule has 0 spiro atoms. The van der Waals surface area contributed by atoms with Gasteiger partial charge in [0.2, 0.25) is 0 Å². The first-order valence-electron chi connectivity index (χ1n) is 12.7. The highest BCUT2D eigenvalue weighted by atomic mass is 32.1. The predicted molar refractivity (Wildman–Crippen MR) is 139 cm³/mol. The van der Waals surface area contributed by atoms with Gasteiger partial charge in [0.05, 0.1) is 27.9 Å². The van der Waals surface area contributed by atoms with Gasteiger partial charge in [-0.2, -0.15) is 5.26 Å². The molecule has 0 unspecified atom stereocenters. The maximum atomic E-state index is 13.6. The van der Waals surface area contributed by atoms with Crippen molar-refractivity contribution >= 4 is 28.8 Å². The highest BCUT2D eigenvalue weighted by Crippen LogP contribution is 2.37. The van der Waals surface area contributed by atoms with Crippen LogP contribution in [0.25, 0.3) is 10.4 Å². The van der Waals surface area contributed by atoms with Crippen molar-refractivity contribution in [3.05, 3.63) is 28.7 Å². The Morgan fingerprint density at radius 3 is 2.61 bits per heavy atom. The number of nitriles is 1. The van der Waals surface area contributed by atoms with Crippen LogP contribution >= 0.6 is 11.3 Å². The zero-order chi connectivity index (χ0) is 25.9. The first-order chi connectivity index (χ1) is 17.2. The number of hydrogen-bond acceptors (Lipinski definition) is 8. The van der Waals surface area contributed by atoms with Gasteiger partial charge in [-0.3, -0.25) is 14.6 Å². The van der Waals surface area contributed by atoms with Gasteiger partial charge < -0.3 is 20.6 Å². The van der Waals surface area contributed by atoms with Crippen LogP contribution in [0, 0.1) is 11.3 Å². The number of rotatable bonds is 7. The average Bonchev–Trinajstić information content (AvgIpc) is 3.49. The predicted octanol–water partition coefficient (Wildman–Crippen LogP) is 3.95. The Labute approximate surface area is 215 Å². The highest BCUT2D eigenvalue weighted by molar-refractivity contribution is 7.17. The fourth-order valence-corrected chi connectivity index (χ4v) is 5.81. The summed E-state index contributed by atoms with van der Waals surface area (Å²) in [5, 5.41) is 26.4. The number of nitrogens with one attached hydrogen (secondary N) is 2. The van der Waals surface area contributed by atoms with Gasteiger partial charge >= 0.3 is 0 Å². The van der Waals surface area contributed by atoms with Crippen LogP contribution < -0.4 is 10.6 Å². The quantitative estimate of drug-likeness (QED) is 0.514. The molecule has 0 radical (unpaired) electrons. The van der Waals surface area contributed by atoms with E-state index in [0.29, 0.717) is 28.2 Å². The van der Waals surface area contributed by atoms with Crippen molar-refractivity contribution in [2.45, 2.75) is 83.4 Å². The summed E-state index contributed by atoms with van der Waals surface area (Å²) in [6.07, 6.45) is 10.7. The summed E-state index contributed by atoms with van der Waals surface area (Å²) >= 11 is 1.07. The molecule has 2 aromatic heterocycles. The summed E-state index contributed by atoms with van der Waals surface area (Å²) in [5.41, 5.74) is 0.599. The largest absolute Gasteiger partial charge is 0.389 e. The number of amides is 2. The van der Waals surface area contributed by atoms with Crippen molar-refractivity contribution in [1.29, 1.82) is 5.26 Å². The standard InChI is InChI=1S/C26H34N6O3S/c1-16-8-7-11-32(16)25(34)21-22(36-24(31-21)23(33)29-15-26(2,3)35)19-13-28-14-20(18(19)12-27)30-17-9-5-4-6-10-17/h13-14,16-17,30,35H,4-11,15H2,1-3H3,(H,29,33)/t16-/m0/s1. The SMILES string of the molecule is C[C@H]1CCCN1C(=O)c1nc(C(=O)NCC(C)(C)O)sc1-c1cncc(NC2CCCCC2)c1C#N. The summed E-state index contributed by atoms with van der Waals surface area (Å²) in [5.74, 6) is -0.720. The van der Waals surface area contributed by atoms with E-state index in [4.69, 9.17) is 0 Å². The molecule has 2 amide bonds. The van der Waals surface area contributed by atoms with Crippen molar-refractivity contribution in [2.24, 2.45) is 0 Å². The van der Waals surface area contributed by atoms with E-state index in [1.165, 1.54) is 6.42 Å². The van der Waals surface area contributed by atoms with Crippen molar-refractivity contribution in [2.75, 3.05) is 18.4 Å². The average molecular weight is 511 g/mol. The minimum absolute atomic E-state index is 0.0407. The van der Waals surface area contributed by atoms with Gasteiger partial charge in [-0.05, 0) is 46.5 Å². The molecule has 2 aliphatic rings. The molecule has 1 aliphatic heterocycles. The topological polar surface area (TPSA) is 131 Å². The van der Waals surface area contributed by atoms with Gasteiger partial charge in [0.25, 0.3) is 11.8 Å². The Hall–Kier alpha value is -3.03. The Balaban J connectivity index is 1.74. The molecule has 9 nitrogen and oxygen atoms in total. The number of hydrogen-bond donors (Lipinski definition) is 3. The lowest BCUT2D eigenvalue weighted by molar-refractivity contribution is 0.0692. The van der Waals surface area contributed by atoms with E-state index in [1.54, 1.807) is 31.1 Å². The third-order valence-corrected chi connectivity index (χ3v) is 7.87. The van der Waals surface area contributed by atoms with Crippen molar-refractivity contribution < 1.29 is 14.7 Å². The molecule has 4 rings (SSSR count). The van der Waals surface area contributed by atoms with Gasteiger partial charge in [0, 0.05) is 36.9 Å². The van der Waals surface area contributed by atoms with E-state index < -0.39 is 11.5 Å². The lowest BCUT2D eigenvalue weighted by Crippen LogP contribution is -2.38. The molecule has 2 fully saturated rings. The molecular weight excluding hydrogens is 476 g/mol. The van der Waals surface area contributed by atoms with Crippen molar-refractivity contribution in [1.82, 2.24) is 20.2 Å². The number of aliphatic hydroxyl groups is 1. The molecule has 192 valence electrons. The van der Waals surface area contributed by atoms with Crippen molar-refractivity contribution in [3.63, 3.8) is 0 Å². The number of aromatic nitrogens is 2. The fourth-order valence-electron chi connectivity index (χ4n) is 4.82. The van der Waals surface area contributed by atoms with Crippen LogP contribution in [-0.2, 0) is 0 Å². The van der Waals surface area contributed by atoms with Crippen LogP contribution in [0.3, 0.4) is 0 Å².